The summed E-state index contributed by atoms with van der Waals surface area (Å²) in [6.07, 6.45) is 14.0. The molecule has 0 spiro atoms. The number of aldehydes is 2. The molecule has 7 heteroatoms. The summed E-state index contributed by atoms with van der Waals surface area (Å²) in [5, 5.41) is 6.17. The average molecular weight is 488 g/mol. The van der Waals surface area contributed by atoms with Gasteiger partial charge in [0, 0.05) is 48.8 Å². The first-order valence-corrected chi connectivity index (χ1v) is 12.7. The zero-order valence-corrected chi connectivity index (χ0v) is 21.5. The quantitative estimate of drug-likeness (QED) is 0.414. The van der Waals surface area contributed by atoms with Crippen molar-refractivity contribution in [2.75, 3.05) is 24.7 Å². The summed E-state index contributed by atoms with van der Waals surface area (Å²) >= 11 is 0. The maximum Gasteiger partial charge on any atom is 0.129 e. The third-order valence-electron chi connectivity index (χ3n) is 6.42. The standard InChI is InChI=1S/C18H19N5.C7H12O.C4H6O/c1-12-16(8-15(19-2)10-21-12)13-5-4-6-14(7-13)17-9-18(20-3)23-11-22-17;8-6-7-4-2-1-3-5-7;5-3-4-1-2-4/h4-11,19H,1-3H3,(H,20,22,23);6-7H,1-5H2;3-4H,1-2H2. The van der Waals surface area contributed by atoms with Gasteiger partial charge in [-0.25, -0.2) is 9.97 Å². The Morgan fingerprint density at radius 1 is 0.806 bits per heavy atom. The molecule has 0 amide bonds. The smallest absolute Gasteiger partial charge is 0.129 e. The Hall–Kier alpha value is -3.61. The van der Waals surface area contributed by atoms with Crippen LogP contribution < -0.4 is 10.6 Å². The van der Waals surface area contributed by atoms with Crippen molar-refractivity contribution < 1.29 is 9.59 Å². The molecule has 0 bridgehead atoms. The first-order valence-electron chi connectivity index (χ1n) is 12.7. The van der Waals surface area contributed by atoms with Crippen molar-refractivity contribution in [3.63, 3.8) is 0 Å². The minimum Gasteiger partial charge on any atom is -0.387 e. The summed E-state index contributed by atoms with van der Waals surface area (Å²) in [6.45, 7) is 2.02. The third-order valence-corrected chi connectivity index (χ3v) is 6.42. The highest BCUT2D eigenvalue weighted by atomic mass is 16.1. The summed E-state index contributed by atoms with van der Waals surface area (Å²) in [6, 6.07) is 12.4. The third kappa shape index (κ3) is 8.26. The van der Waals surface area contributed by atoms with Gasteiger partial charge in [-0.05, 0) is 50.3 Å². The van der Waals surface area contributed by atoms with Gasteiger partial charge in [0.1, 0.15) is 24.7 Å². The number of aromatic nitrogens is 3. The van der Waals surface area contributed by atoms with Crippen LogP contribution in [0.2, 0.25) is 0 Å². The molecule has 0 radical (unpaired) electrons. The Kier molecular flexibility index (Phi) is 10.5. The van der Waals surface area contributed by atoms with Crippen molar-refractivity contribution in [3.05, 3.63) is 54.6 Å². The summed E-state index contributed by atoms with van der Waals surface area (Å²) in [7, 11) is 3.74. The predicted molar refractivity (Wildman–Crippen MR) is 146 cm³/mol. The maximum absolute atomic E-state index is 10.2. The van der Waals surface area contributed by atoms with Gasteiger partial charge in [0.25, 0.3) is 0 Å². The van der Waals surface area contributed by atoms with Crippen LogP contribution in [0.25, 0.3) is 22.4 Å². The number of hydrogen-bond acceptors (Lipinski definition) is 7. The highest BCUT2D eigenvalue weighted by Crippen LogP contribution is 2.29. The van der Waals surface area contributed by atoms with Crippen LogP contribution >= 0.6 is 0 Å². The minimum atomic E-state index is 0.406. The highest BCUT2D eigenvalue weighted by Gasteiger charge is 2.19. The lowest BCUT2D eigenvalue weighted by Crippen LogP contribution is -2.06. The van der Waals surface area contributed by atoms with Gasteiger partial charge in [0.05, 0.1) is 17.6 Å². The first kappa shape index (κ1) is 27.0. The summed E-state index contributed by atoms with van der Waals surface area (Å²) in [5.41, 5.74) is 6.17. The molecule has 190 valence electrons. The Morgan fingerprint density at radius 2 is 1.50 bits per heavy atom. The Balaban J connectivity index is 0.000000225. The van der Waals surface area contributed by atoms with E-state index in [4.69, 9.17) is 0 Å². The van der Waals surface area contributed by atoms with Crippen LogP contribution in [0.3, 0.4) is 0 Å². The molecule has 2 aliphatic carbocycles. The van der Waals surface area contributed by atoms with Gasteiger partial charge in [-0.15, -0.1) is 0 Å². The van der Waals surface area contributed by atoms with Gasteiger partial charge in [0.15, 0.2) is 0 Å². The Labute approximate surface area is 214 Å². The number of nitrogens with zero attached hydrogens (tertiary/aromatic N) is 3. The van der Waals surface area contributed by atoms with Crippen LogP contribution in [0.15, 0.2) is 48.9 Å². The fourth-order valence-electron chi connectivity index (χ4n) is 3.96. The molecule has 2 aliphatic rings. The lowest BCUT2D eigenvalue weighted by Gasteiger charge is -2.14. The molecular weight excluding hydrogens is 450 g/mol. The molecule has 7 nitrogen and oxygen atoms in total. The molecule has 2 heterocycles. The lowest BCUT2D eigenvalue weighted by atomic mass is 9.91. The molecule has 0 saturated heterocycles. The fourth-order valence-corrected chi connectivity index (χ4v) is 3.96. The first-order chi connectivity index (χ1) is 17.6. The molecule has 2 aromatic heterocycles. The van der Waals surface area contributed by atoms with E-state index in [0.717, 1.165) is 77.8 Å². The monoisotopic (exact) mass is 487 g/mol. The number of anilines is 2. The van der Waals surface area contributed by atoms with Crippen LogP contribution in [0.4, 0.5) is 11.5 Å². The van der Waals surface area contributed by atoms with Crippen LogP contribution in [0.1, 0.15) is 50.6 Å². The molecule has 2 fully saturated rings. The maximum atomic E-state index is 10.2. The van der Waals surface area contributed by atoms with Gasteiger partial charge in [0.2, 0.25) is 0 Å². The second-order valence-electron chi connectivity index (χ2n) is 9.23. The van der Waals surface area contributed by atoms with E-state index in [-0.39, 0.29) is 0 Å². The number of hydrogen-bond donors (Lipinski definition) is 2. The van der Waals surface area contributed by atoms with E-state index < -0.39 is 0 Å². The van der Waals surface area contributed by atoms with Crippen molar-refractivity contribution in [2.45, 2.75) is 51.9 Å². The zero-order chi connectivity index (χ0) is 25.8. The van der Waals surface area contributed by atoms with Gasteiger partial charge in [-0.1, -0.05) is 37.5 Å². The van der Waals surface area contributed by atoms with Gasteiger partial charge >= 0.3 is 0 Å². The SMILES string of the molecule is CNc1cnc(C)c(-c2cccc(-c3cc(NC)ncn3)c2)c1.O=CC1CC1.O=CC1CCCCC1. The molecule has 0 aliphatic heterocycles. The van der Waals surface area contributed by atoms with Crippen molar-refractivity contribution in [3.8, 4) is 22.4 Å². The molecule has 0 unspecified atom stereocenters. The molecule has 2 saturated carbocycles. The van der Waals surface area contributed by atoms with E-state index in [0.29, 0.717) is 11.8 Å². The fraction of sp³-hybridized carbons (Fsp3) is 0.414. The zero-order valence-electron chi connectivity index (χ0n) is 21.5. The van der Waals surface area contributed by atoms with Crippen LogP contribution in [0.5, 0.6) is 0 Å². The lowest BCUT2D eigenvalue weighted by molar-refractivity contribution is -0.112. The number of pyridine rings is 1. The van der Waals surface area contributed by atoms with Gasteiger partial charge in [-0.3, -0.25) is 4.98 Å². The number of nitrogens with one attached hydrogen (secondary N) is 2. The summed E-state index contributed by atoms with van der Waals surface area (Å²) < 4.78 is 0. The van der Waals surface area contributed by atoms with Crippen molar-refractivity contribution in [1.29, 1.82) is 0 Å². The molecule has 36 heavy (non-hydrogen) atoms. The molecule has 2 N–H and O–H groups in total. The average Bonchev–Trinajstić information content (AvgIpc) is 3.80. The second kappa shape index (κ2) is 14.1. The van der Waals surface area contributed by atoms with E-state index in [2.05, 4.69) is 49.9 Å². The largest absolute Gasteiger partial charge is 0.387 e. The molecule has 0 atom stereocenters. The Morgan fingerprint density at radius 3 is 2.08 bits per heavy atom. The number of aryl methyl sites for hydroxylation is 1. The van der Waals surface area contributed by atoms with Gasteiger partial charge in [-0.2, -0.15) is 0 Å². The van der Waals surface area contributed by atoms with E-state index in [1.807, 2.05) is 39.3 Å². The minimum absolute atomic E-state index is 0.406. The topological polar surface area (TPSA) is 96.9 Å². The number of carbonyl (C=O) groups is 2. The van der Waals surface area contributed by atoms with Crippen molar-refractivity contribution in [2.24, 2.45) is 11.8 Å². The normalized spacial score (nSPS) is 14.9. The number of carbonyl (C=O) groups excluding carboxylic acids is 2. The van der Waals surface area contributed by atoms with Crippen LogP contribution in [-0.4, -0.2) is 41.6 Å². The molecule has 5 rings (SSSR count). The number of benzene rings is 1. The second-order valence-corrected chi connectivity index (χ2v) is 9.23. The van der Waals surface area contributed by atoms with E-state index >= 15 is 0 Å². The highest BCUT2D eigenvalue weighted by molar-refractivity contribution is 5.75. The summed E-state index contributed by atoms with van der Waals surface area (Å²) in [4.78, 5) is 32.7. The molecule has 1 aromatic carbocycles. The van der Waals surface area contributed by atoms with E-state index in [1.165, 1.54) is 19.3 Å². The van der Waals surface area contributed by atoms with Crippen molar-refractivity contribution in [1.82, 2.24) is 15.0 Å². The molecular formula is C29H37N5O2. The van der Waals surface area contributed by atoms with E-state index in [9.17, 15) is 9.59 Å². The van der Waals surface area contributed by atoms with Crippen LogP contribution in [-0.2, 0) is 9.59 Å². The Bertz CT molecular complexity index is 1120. The number of rotatable bonds is 6. The summed E-state index contributed by atoms with van der Waals surface area (Å²) in [5.74, 6) is 1.66. The predicted octanol–water partition coefficient (Wildman–Crippen LogP) is 5.96. The molecule has 3 aromatic rings. The van der Waals surface area contributed by atoms with Crippen LogP contribution in [0, 0.1) is 18.8 Å². The van der Waals surface area contributed by atoms with Crippen molar-refractivity contribution >= 4 is 24.1 Å². The van der Waals surface area contributed by atoms with Gasteiger partial charge < -0.3 is 20.2 Å². The van der Waals surface area contributed by atoms with E-state index in [1.54, 1.807) is 6.33 Å².